The van der Waals surface area contributed by atoms with Crippen LogP contribution in [0.3, 0.4) is 0 Å². The Morgan fingerprint density at radius 3 is 2.00 bits per heavy atom. The third kappa shape index (κ3) is 2.66. The third-order valence-electron chi connectivity index (χ3n) is 4.48. The lowest BCUT2D eigenvalue weighted by atomic mass is 9.53. The van der Waals surface area contributed by atoms with Gasteiger partial charge in [-0.2, -0.15) is 0 Å². The van der Waals surface area contributed by atoms with Crippen molar-refractivity contribution in [2.75, 3.05) is 6.61 Å². The minimum Gasteiger partial charge on any atom is -0.396 e. The van der Waals surface area contributed by atoms with Crippen molar-refractivity contribution in [3.8, 4) is 0 Å². The van der Waals surface area contributed by atoms with Crippen LogP contribution in [0.2, 0.25) is 0 Å². The summed E-state index contributed by atoms with van der Waals surface area (Å²) < 4.78 is 0. The van der Waals surface area contributed by atoms with Crippen molar-refractivity contribution < 1.29 is 14.7 Å². The molecule has 102 valence electrons. The molecular weight excluding hydrogens is 228 g/mol. The molecule has 0 amide bonds. The Bertz CT molecular complexity index is 381. The minimum atomic E-state index is -0.330. The van der Waals surface area contributed by atoms with Gasteiger partial charge in [-0.05, 0) is 29.1 Å². The second-order valence-corrected chi connectivity index (χ2v) is 7.77. The van der Waals surface area contributed by atoms with Gasteiger partial charge in [-0.1, -0.05) is 20.8 Å². The number of aliphatic hydroxyl groups excluding tert-OH is 1. The molecule has 1 spiro atoms. The zero-order valence-corrected chi connectivity index (χ0v) is 11.7. The lowest BCUT2D eigenvalue weighted by Gasteiger charge is -2.50. The minimum absolute atomic E-state index is 0.0106. The largest absolute Gasteiger partial charge is 0.396 e. The summed E-state index contributed by atoms with van der Waals surface area (Å²) >= 11 is 0. The zero-order valence-electron chi connectivity index (χ0n) is 11.7. The molecule has 0 aromatic rings. The Morgan fingerprint density at radius 1 is 0.944 bits per heavy atom. The molecule has 2 fully saturated rings. The summed E-state index contributed by atoms with van der Waals surface area (Å²) in [5, 5.41) is 9.54. The fraction of sp³-hybridized carbons (Fsp3) is 0.867. The highest BCUT2D eigenvalue weighted by atomic mass is 16.3. The molecule has 2 atom stereocenters. The second-order valence-electron chi connectivity index (χ2n) is 7.77. The van der Waals surface area contributed by atoms with Crippen LogP contribution in [0, 0.1) is 16.2 Å². The Hall–Kier alpha value is -0.700. The first-order valence-corrected chi connectivity index (χ1v) is 6.82. The van der Waals surface area contributed by atoms with Gasteiger partial charge in [0.2, 0.25) is 0 Å². The van der Waals surface area contributed by atoms with Gasteiger partial charge in [0.1, 0.15) is 11.6 Å². The lowest BCUT2D eigenvalue weighted by molar-refractivity contribution is -0.140. The van der Waals surface area contributed by atoms with Crippen LogP contribution in [0.1, 0.15) is 59.3 Å². The topological polar surface area (TPSA) is 54.4 Å². The molecule has 0 radical (unpaired) electrons. The molecule has 0 saturated heterocycles. The number of aliphatic hydroxyl groups is 1. The molecule has 0 aromatic heterocycles. The highest BCUT2D eigenvalue weighted by Crippen LogP contribution is 2.55. The van der Waals surface area contributed by atoms with Crippen LogP contribution in [0.4, 0.5) is 0 Å². The van der Waals surface area contributed by atoms with Gasteiger partial charge in [-0.15, -0.1) is 0 Å². The smallest absolute Gasteiger partial charge is 0.134 e. The van der Waals surface area contributed by atoms with Gasteiger partial charge in [0.25, 0.3) is 0 Å². The quantitative estimate of drug-likeness (QED) is 0.780. The van der Waals surface area contributed by atoms with Crippen molar-refractivity contribution in [1.82, 2.24) is 0 Å². The normalized spacial score (nSPS) is 40.2. The molecule has 0 heterocycles. The Morgan fingerprint density at radius 2 is 1.50 bits per heavy atom. The number of carbonyl (C=O) groups excluding carboxylic acids is 2. The number of ketones is 2. The summed E-state index contributed by atoms with van der Waals surface area (Å²) in [5.74, 6) is 0.490. The molecule has 18 heavy (non-hydrogen) atoms. The first-order chi connectivity index (χ1) is 8.18. The van der Waals surface area contributed by atoms with E-state index in [-0.39, 0.29) is 34.4 Å². The monoisotopic (exact) mass is 252 g/mol. The number of Topliss-reactive ketones (excluding diaryl/α,β-unsaturated/α-hetero) is 2. The van der Waals surface area contributed by atoms with Crippen LogP contribution in [-0.4, -0.2) is 23.3 Å². The summed E-state index contributed by atoms with van der Waals surface area (Å²) in [7, 11) is 0. The van der Waals surface area contributed by atoms with Gasteiger partial charge >= 0.3 is 0 Å². The van der Waals surface area contributed by atoms with Gasteiger partial charge < -0.3 is 5.11 Å². The molecule has 2 unspecified atom stereocenters. The Kier molecular flexibility index (Phi) is 3.17. The van der Waals surface area contributed by atoms with E-state index in [0.717, 1.165) is 12.8 Å². The Balaban J connectivity index is 2.29. The lowest BCUT2D eigenvalue weighted by Crippen LogP contribution is -2.47. The molecule has 0 aromatic carbocycles. The van der Waals surface area contributed by atoms with Gasteiger partial charge in [-0.3, -0.25) is 9.59 Å². The molecule has 0 bridgehead atoms. The van der Waals surface area contributed by atoms with Crippen molar-refractivity contribution in [3.05, 3.63) is 0 Å². The summed E-state index contributed by atoms with van der Waals surface area (Å²) in [6.45, 7) is 6.23. The average molecular weight is 252 g/mol. The predicted octanol–water partition coefficient (Wildman–Crippen LogP) is 2.50. The van der Waals surface area contributed by atoms with E-state index >= 15 is 0 Å². The van der Waals surface area contributed by atoms with Crippen LogP contribution in [0.15, 0.2) is 0 Å². The van der Waals surface area contributed by atoms with E-state index in [1.54, 1.807) is 0 Å². The van der Waals surface area contributed by atoms with Gasteiger partial charge in [0.05, 0.1) is 0 Å². The molecule has 0 aliphatic heterocycles. The zero-order chi connectivity index (χ0) is 13.6. The van der Waals surface area contributed by atoms with Crippen LogP contribution < -0.4 is 0 Å². The van der Waals surface area contributed by atoms with Gasteiger partial charge in [0.15, 0.2) is 0 Å². The second kappa shape index (κ2) is 4.16. The summed E-state index contributed by atoms with van der Waals surface area (Å²) in [6.07, 6.45) is 3.86. The Labute approximate surface area is 109 Å². The molecule has 2 aliphatic rings. The summed E-state index contributed by atoms with van der Waals surface area (Å²) in [5.41, 5.74) is -0.530. The SMILES string of the molecule is CC1(C)CC(=O)CC2(CC(=O)CC(C)(CO)C2)C1. The summed E-state index contributed by atoms with van der Waals surface area (Å²) in [6, 6.07) is 0. The fourth-order valence-electron chi connectivity index (χ4n) is 4.50. The molecule has 3 nitrogen and oxygen atoms in total. The molecule has 2 rings (SSSR count). The van der Waals surface area contributed by atoms with E-state index in [1.165, 1.54) is 0 Å². The molecule has 2 aliphatic carbocycles. The third-order valence-corrected chi connectivity index (χ3v) is 4.48. The van der Waals surface area contributed by atoms with E-state index < -0.39 is 0 Å². The maximum Gasteiger partial charge on any atom is 0.134 e. The number of carbonyl (C=O) groups is 2. The van der Waals surface area contributed by atoms with E-state index in [1.807, 2.05) is 6.92 Å². The molecule has 1 N–H and O–H groups in total. The maximum atomic E-state index is 12.0. The van der Waals surface area contributed by atoms with Gasteiger partial charge in [-0.25, -0.2) is 0 Å². The highest BCUT2D eigenvalue weighted by Gasteiger charge is 2.51. The van der Waals surface area contributed by atoms with E-state index in [9.17, 15) is 14.7 Å². The van der Waals surface area contributed by atoms with Gasteiger partial charge in [0, 0.05) is 32.3 Å². The van der Waals surface area contributed by atoms with Crippen molar-refractivity contribution >= 4 is 11.6 Å². The number of rotatable bonds is 1. The average Bonchev–Trinajstić information content (AvgIpc) is 2.11. The van der Waals surface area contributed by atoms with Crippen LogP contribution >= 0.6 is 0 Å². The predicted molar refractivity (Wildman–Crippen MR) is 69.1 cm³/mol. The van der Waals surface area contributed by atoms with Crippen LogP contribution in [0.5, 0.6) is 0 Å². The standard InChI is InChI=1S/C15H24O3/c1-13(2)4-11(17)6-15(8-13)7-12(18)5-14(3,9-15)10-16/h16H,4-10H2,1-3H3. The highest BCUT2D eigenvalue weighted by molar-refractivity contribution is 5.85. The molecule has 3 heteroatoms. The van der Waals surface area contributed by atoms with E-state index in [2.05, 4.69) is 13.8 Å². The number of hydrogen-bond donors (Lipinski definition) is 1. The first kappa shape index (κ1) is 13.7. The van der Waals surface area contributed by atoms with Crippen LogP contribution in [0.25, 0.3) is 0 Å². The maximum absolute atomic E-state index is 12.0. The van der Waals surface area contributed by atoms with Crippen molar-refractivity contribution in [2.45, 2.75) is 59.3 Å². The van der Waals surface area contributed by atoms with Crippen molar-refractivity contribution in [2.24, 2.45) is 16.2 Å². The van der Waals surface area contributed by atoms with E-state index in [0.29, 0.717) is 25.7 Å². The van der Waals surface area contributed by atoms with Crippen LogP contribution in [-0.2, 0) is 9.59 Å². The summed E-state index contributed by atoms with van der Waals surface area (Å²) in [4.78, 5) is 24.0. The van der Waals surface area contributed by atoms with Crippen molar-refractivity contribution in [3.63, 3.8) is 0 Å². The van der Waals surface area contributed by atoms with Crippen molar-refractivity contribution in [1.29, 1.82) is 0 Å². The molecular formula is C15H24O3. The molecule has 2 saturated carbocycles. The number of hydrogen-bond acceptors (Lipinski definition) is 3. The first-order valence-electron chi connectivity index (χ1n) is 6.82. The van der Waals surface area contributed by atoms with E-state index in [4.69, 9.17) is 0 Å². The fourth-order valence-corrected chi connectivity index (χ4v) is 4.50.